The van der Waals surface area contributed by atoms with Gasteiger partial charge in [0.15, 0.2) is 8.32 Å². The van der Waals surface area contributed by atoms with Crippen LogP contribution in [0.2, 0.25) is 18.1 Å². The first-order valence-corrected chi connectivity index (χ1v) is 17.0. The van der Waals surface area contributed by atoms with Crippen LogP contribution in [0.15, 0.2) is 103 Å². The van der Waals surface area contributed by atoms with Crippen molar-refractivity contribution in [1.82, 2.24) is 0 Å². The van der Waals surface area contributed by atoms with Gasteiger partial charge in [0.25, 0.3) is 0 Å². The second kappa shape index (κ2) is 16.0. The fourth-order valence-corrected chi connectivity index (χ4v) is 4.79. The summed E-state index contributed by atoms with van der Waals surface area (Å²) in [7, 11) is -1.90. The first-order valence-electron chi connectivity index (χ1n) is 14.1. The largest absolute Gasteiger partial charge is 0.413 e. The van der Waals surface area contributed by atoms with Gasteiger partial charge in [0.1, 0.15) is 18.3 Å². The van der Waals surface area contributed by atoms with E-state index < -0.39 is 26.6 Å². The van der Waals surface area contributed by atoms with E-state index >= 15 is 0 Å². The maximum atomic E-state index is 11.3. The van der Waals surface area contributed by atoms with Crippen molar-refractivity contribution in [3.63, 3.8) is 0 Å². The van der Waals surface area contributed by atoms with Gasteiger partial charge in [-0.1, -0.05) is 124 Å². The highest BCUT2D eigenvalue weighted by Crippen LogP contribution is 2.36. The van der Waals surface area contributed by atoms with Gasteiger partial charge in [0, 0.05) is 0 Å². The molecule has 1 N–H and O–H groups in total. The Balaban J connectivity index is 1.76. The number of ether oxygens (including phenoxy) is 3. The summed E-state index contributed by atoms with van der Waals surface area (Å²) >= 11 is 0. The quantitative estimate of drug-likeness (QED) is 0.147. The van der Waals surface area contributed by atoms with E-state index in [9.17, 15) is 5.11 Å². The van der Waals surface area contributed by atoms with Gasteiger partial charge < -0.3 is 23.7 Å². The first-order chi connectivity index (χ1) is 19.2. The Hall–Kier alpha value is -2.58. The third-order valence-electron chi connectivity index (χ3n) is 7.35. The molecule has 0 heterocycles. The molecule has 3 aromatic carbocycles. The standard InChI is InChI=1S/C34H46O5Si/c1-34(2,3)40(4,5)39-23-15-22-32(37-25-29-18-11-7-12-19-29)33(38-26-30-20-13-8-14-21-30)31(35)27-36-24-28-16-9-6-10-17-28/h6-22,31-33,35H,23-27H2,1-5H3/b22-15+/t31-,32+,33+/m0/s1. The van der Waals surface area contributed by atoms with Crippen LogP contribution < -0.4 is 0 Å². The van der Waals surface area contributed by atoms with Crippen molar-refractivity contribution < 1.29 is 23.7 Å². The van der Waals surface area contributed by atoms with Crippen molar-refractivity contribution in [1.29, 1.82) is 0 Å². The van der Waals surface area contributed by atoms with Crippen LogP contribution in [0.4, 0.5) is 0 Å². The number of benzene rings is 3. The molecular formula is C34H46O5Si. The van der Waals surface area contributed by atoms with Crippen molar-refractivity contribution in [3.8, 4) is 0 Å². The van der Waals surface area contributed by atoms with Crippen molar-refractivity contribution in [2.75, 3.05) is 13.2 Å². The highest BCUT2D eigenvalue weighted by atomic mass is 28.4. The number of aliphatic hydroxyl groups is 1. The minimum absolute atomic E-state index is 0.119. The summed E-state index contributed by atoms with van der Waals surface area (Å²) in [6.07, 6.45) is 1.89. The Kier molecular flexibility index (Phi) is 12.8. The minimum atomic E-state index is -1.90. The van der Waals surface area contributed by atoms with Crippen LogP contribution in [0.25, 0.3) is 0 Å². The van der Waals surface area contributed by atoms with E-state index in [0.29, 0.717) is 26.4 Å². The van der Waals surface area contributed by atoms with E-state index in [-0.39, 0.29) is 11.6 Å². The van der Waals surface area contributed by atoms with Crippen LogP contribution in [0, 0.1) is 0 Å². The molecule has 0 aliphatic carbocycles. The molecule has 0 aromatic heterocycles. The molecule has 0 amide bonds. The average Bonchev–Trinajstić information content (AvgIpc) is 2.94. The van der Waals surface area contributed by atoms with Gasteiger partial charge in [-0.2, -0.15) is 0 Å². The lowest BCUT2D eigenvalue weighted by molar-refractivity contribution is -0.134. The molecule has 216 valence electrons. The Labute approximate surface area is 241 Å². The van der Waals surface area contributed by atoms with Gasteiger partial charge in [-0.15, -0.1) is 0 Å². The van der Waals surface area contributed by atoms with Crippen LogP contribution in [-0.2, 0) is 38.5 Å². The molecule has 0 aliphatic heterocycles. The second-order valence-electron chi connectivity index (χ2n) is 11.6. The van der Waals surface area contributed by atoms with Crippen molar-refractivity contribution in [2.45, 2.75) is 77.0 Å². The molecule has 0 saturated carbocycles. The van der Waals surface area contributed by atoms with Crippen molar-refractivity contribution in [2.24, 2.45) is 0 Å². The average molecular weight is 563 g/mol. The van der Waals surface area contributed by atoms with Gasteiger partial charge in [-0.25, -0.2) is 0 Å². The topological polar surface area (TPSA) is 57.2 Å². The van der Waals surface area contributed by atoms with E-state index in [1.807, 2.05) is 103 Å². The maximum absolute atomic E-state index is 11.3. The normalized spacial score (nSPS) is 14.8. The van der Waals surface area contributed by atoms with Crippen LogP contribution in [0.1, 0.15) is 37.5 Å². The molecule has 3 aromatic rings. The predicted octanol–water partition coefficient (Wildman–Crippen LogP) is 7.31. The number of aliphatic hydroxyl groups excluding tert-OH is 1. The number of rotatable bonds is 16. The molecule has 3 atom stereocenters. The molecule has 3 rings (SSSR count). The monoisotopic (exact) mass is 562 g/mol. The van der Waals surface area contributed by atoms with E-state index in [1.54, 1.807) is 0 Å². The summed E-state index contributed by atoms with van der Waals surface area (Å²) < 4.78 is 25.0. The molecule has 0 bridgehead atoms. The van der Waals surface area contributed by atoms with E-state index in [4.69, 9.17) is 18.6 Å². The molecule has 0 spiro atoms. The SMILES string of the molecule is CC(C)(C)[Si](C)(C)OC/C=C/[C@@H](OCc1ccccc1)[C@H](OCc1ccccc1)[C@@H](O)COCc1ccccc1. The third kappa shape index (κ3) is 10.8. The summed E-state index contributed by atoms with van der Waals surface area (Å²) in [5, 5.41) is 11.5. The highest BCUT2D eigenvalue weighted by molar-refractivity contribution is 6.74. The lowest BCUT2D eigenvalue weighted by Gasteiger charge is -2.35. The summed E-state index contributed by atoms with van der Waals surface area (Å²) in [6, 6.07) is 29.9. The Morgan fingerprint density at radius 2 is 1.20 bits per heavy atom. The molecule has 0 unspecified atom stereocenters. The minimum Gasteiger partial charge on any atom is -0.413 e. The van der Waals surface area contributed by atoms with E-state index in [1.165, 1.54) is 0 Å². The van der Waals surface area contributed by atoms with E-state index in [2.05, 4.69) is 33.9 Å². The summed E-state index contributed by atoms with van der Waals surface area (Å²) in [4.78, 5) is 0. The Morgan fingerprint density at radius 1 is 0.725 bits per heavy atom. The van der Waals surface area contributed by atoms with Crippen LogP contribution in [0.3, 0.4) is 0 Å². The molecule has 0 fully saturated rings. The fourth-order valence-electron chi connectivity index (χ4n) is 3.85. The molecular weight excluding hydrogens is 516 g/mol. The van der Waals surface area contributed by atoms with Gasteiger partial charge in [-0.3, -0.25) is 0 Å². The summed E-state index contributed by atoms with van der Waals surface area (Å²) in [5.74, 6) is 0. The fraction of sp³-hybridized carbons (Fsp3) is 0.412. The third-order valence-corrected chi connectivity index (χ3v) is 11.8. The first kappa shape index (κ1) is 31.9. The Bertz CT molecular complexity index is 1110. The lowest BCUT2D eigenvalue weighted by atomic mass is 10.1. The molecule has 5 nitrogen and oxygen atoms in total. The zero-order chi connectivity index (χ0) is 28.8. The number of hydrogen-bond acceptors (Lipinski definition) is 5. The molecule has 6 heteroatoms. The molecule has 0 radical (unpaired) electrons. The maximum Gasteiger partial charge on any atom is 0.192 e. The van der Waals surface area contributed by atoms with Crippen molar-refractivity contribution in [3.05, 3.63) is 120 Å². The van der Waals surface area contributed by atoms with Crippen LogP contribution in [0.5, 0.6) is 0 Å². The number of hydrogen-bond donors (Lipinski definition) is 1. The zero-order valence-electron chi connectivity index (χ0n) is 24.7. The predicted molar refractivity (Wildman–Crippen MR) is 164 cm³/mol. The van der Waals surface area contributed by atoms with Gasteiger partial charge in [0.05, 0.1) is 33.0 Å². The van der Waals surface area contributed by atoms with Crippen molar-refractivity contribution >= 4 is 8.32 Å². The molecule has 0 saturated heterocycles. The van der Waals surface area contributed by atoms with Crippen LogP contribution in [-0.4, -0.2) is 44.9 Å². The highest BCUT2D eigenvalue weighted by Gasteiger charge is 2.37. The second-order valence-corrected chi connectivity index (χ2v) is 16.4. The van der Waals surface area contributed by atoms with Gasteiger partial charge in [-0.05, 0) is 34.8 Å². The smallest absolute Gasteiger partial charge is 0.192 e. The molecule has 40 heavy (non-hydrogen) atoms. The van der Waals surface area contributed by atoms with Gasteiger partial charge >= 0.3 is 0 Å². The van der Waals surface area contributed by atoms with Crippen LogP contribution >= 0.6 is 0 Å². The summed E-state index contributed by atoms with van der Waals surface area (Å²) in [5.41, 5.74) is 3.13. The van der Waals surface area contributed by atoms with E-state index in [0.717, 1.165) is 16.7 Å². The molecule has 0 aliphatic rings. The Morgan fingerprint density at radius 3 is 1.70 bits per heavy atom. The van der Waals surface area contributed by atoms with Gasteiger partial charge in [0.2, 0.25) is 0 Å². The zero-order valence-corrected chi connectivity index (χ0v) is 25.7. The lowest BCUT2D eigenvalue weighted by Crippen LogP contribution is -2.43. The summed E-state index contributed by atoms with van der Waals surface area (Å²) in [6.45, 7) is 12.9.